The number of amides is 1. The van der Waals surface area contributed by atoms with Gasteiger partial charge >= 0.3 is 0 Å². The van der Waals surface area contributed by atoms with Crippen LogP contribution in [0.3, 0.4) is 0 Å². The summed E-state index contributed by atoms with van der Waals surface area (Å²) in [6.45, 7) is 6.34. The number of benzene rings is 2. The van der Waals surface area contributed by atoms with Gasteiger partial charge in [-0.2, -0.15) is 0 Å². The Morgan fingerprint density at radius 2 is 1.53 bits per heavy atom. The summed E-state index contributed by atoms with van der Waals surface area (Å²) in [7, 11) is -3.55. The summed E-state index contributed by atoms with van der Waals surface area (Å²) in [4.78, 5) is 12.7. The van der Waals surface area contributed by atoms with Crippen LogP contribution in [0, 0.1) is 0 Å². The molecule has 8 heteroatoms. The molecule has 1 fully saturated rings. The second-order valence-electron chi connectivity index (χ2n) is 9.22. The van der Waals surface area contributed by atoms with Gasteiger partial charge in [0.25, 0.3) is 5.91 Å². The molecule has 0 spiro atoms. The fourth-order valence-corrected chi connectivity index (χ4v) is 5.20. The summed E-state index contributed by atoms with van der Waals surface area (Å²) in [6, 6.07) is 13.8. The second kappa shape index (κ2) is 10.1. The molecule has 3 N–H and O–H groups in total. The van der Waals surface area contributed by atoms with Gasteiger partial charge in [-0.15, -0.1) is 0 Å². The molecule has 2 aromatic rings. The molecule has 2 aromatic carbocycles. The highest BCUT2D eigenvalue weighted by Crippen LogP contribution is 2.23. The zero-order chi connectivity index (χ0) is 23.4. The van der Waals surface area contributed by atoms with Gasteiger partial charge in [-0.3, -0.25) is 10.1 Å². The van der Waals surface area contributed by atoms with Crippen LogP contribution in [0.1, 0.15) is 68.8 Å². The van der Waals surface area contributed by atoms with Crippen molar-refractivity contribution in [3.8, 4) is 0 Å². The Balaban J connectivity index is 1.56. The first kappa shape index (κ1) is 24.4. The normalized spacial score (nSPS) is 15.2. The minimum atomic E-state index is -3.55. The number of hydrogen-bond acceptors (Lipinski definition) is 4. The Morgan fingerprint density at radius 1 is 0.938 bits per heavy atom. The standard InChI is InChI=1S/C24H31N3O3S2/c1-24(2,3)18-11-9-17(10-12-18)22(28)26-23(31)25-19-13-15-21(16-14-19)32(29,30)27-20-7-5-4-6-8-20/h9-16,20,27H,4-8H2,1-3H3,(H2,25,26,28,31). The highest BCUT2D eigenvalue weighted by atomic mass is 32.2. The van der Waals surface area contributed by atoms with E-state index in [1.165, 1.54) is 12.1 Å². The van der Waals surface area contributed by atoms with Gasteiger partial charge in [-0.1, -0.05) is 52.2 Å². The number of anilines is 1. The van der Waals surface area contributed by atoms with Crippen LogP contribution in [0.5, 0.6) is 0 Å². The van der Waals surface area contributed by atoms with E-state index < -0.39 is 10.0 Å². The van der Waals surface area contributed by atoms with Crippen LogP contribution in [0.2, 0.25) is 0 Å². The maximum atomic E-state index is 12.6. The van der Waals surface area contributed by atoms with Gasteiger partial charge in [0, 0.05) is 17.3 Å². The maximum Gasteiger partial charge on any atom is 0.257 e. The van der Waals surface area contributed by atoms with Crippen LogP contribution in [0.4, 0.5) is 5.69 Å². The van der Waals surface area contributed by atoms with Crippen molar-refractivity contribution in [2.24, 2.45) is 0 Å². The topological polar surface area (TPSA) is 87.3 Å². The Kier molecular flexibility index (Phi) is 7.69. The van der Waals surface area contributed by atoms with Gasteiger partial charge in [0.15, 0.2) is 5.11 Å². The third kappa shape index (κ3) is 6.60. The molecular weight excluding hydrogens is 442 g/mol. The molecule has 1 aliphatic carbocycles. The van der Waals surface area contributed by atoms with E-state index in [9.17, 15) is 13.2 Å². The average molecular weight is 474 g/mol. The molecule has 0 radical (unpaired) electrons. The number of sulfonamides is 1. The van der Waals surface area contributed by atoms with Crippen molar-refractivity contribution in [1.82, 2.24) is 10.0 Å². The number of nitrogens with one attached hydrogen (secondary N) is 3. The van der Waals surface area contributed by atoms with Crippen LogP contribution in [0.25, 0.3) is 0 Å². The molecule has 6 nitrogen and oxygen atoms in total. The second-order valence-corrected chi connectivity index (χ2v) is 11.3. The lowest BCUT2D eigenvalue weighted by Gasteiger charge is -2.22. The van der Waals surface area contributed by atoms with Crippen molar-refractivity contribution in [3.63, 3.8) is 0 Å². The minimum absolute atomic E-state index is 0.00630. The third-order valence-electron chi connectivity index (χ3n) is 5.59. The number of carbonyl (C=O) groups excluding carboxylic acids is 1. The molecular formula is C24H31N3O3S2. The lowest BCUT2D eigenvalue weighted by atomic mass is 9.87. The number of carbonyl (C=O) groups is 1. The predicted octanol–water partition coefficient (Wildman–Crippen LogP) is 4.72. The van der Waals surface area contributed by atoms with Crippen molar-refractivity contribution >= 4 is 38.9 Å². The van der Waals surface area contributed by atoms with E-state index in [2.05, 4.69) is 36.1 Å². The largest absolute Gasteiger partial charge is 0.332 e. The summed E-state index contributed by atoms with van der Waals surface area (Å²) in [5, 5.41) is 5.72. The fourth-order valence-electron chi connectivity index (χ4n) is 3.68. The van der Waals surface area contributed by atoms with Crippen molar-refractivity contribution in [2.45, 2.75) is 69.2 Å². The Bertz CT molecular complexity index is 1050. The molecule has 0 aromatic heterocycles. The van der Waals surface area contributed by atoms with Crippen LogP contribution in [0.15, 0.2) is 53.4 Å². The van der Waals surface area contributed by atoms with Gasteiger partial charge < -0.3 is 5.32 Å². The van der Waals surface area contributed by atoms with E-state index in [1.54, 1.807) is 24.3 Å². The Hall–Kier alpha value is -2.29. The monoisotopic (exact) mass is 473 g/mol. The first-order chi connectivity index (χ1) is 15.0. The van der Waals surface area contributed by atoms with Gasteiger partial charge in [0.05, 0.1) is 4.90 Å². The summed E-state index contributed by atoms with van der Waals surface area (Å²) < 4.78 is 28.0. The van der Waals surface area contributed by atoms with Crippen molar-refractivity contribution < 1.29 is 13.2 Å². The van der Waals surface area contributed by atoms with Crippen molar-refractivity contribution in [2.75, 3.05) is 5.32 Å². The van der Waals surface area contributed by atoms with E-state index in [0.29, 0.717) is 11.3 Å². The van der Waals surface area contributed by atoms with Gasteiger partial charge in [-0.05, 0) is 72.4 Å². The number of hydrogen-bond donors (Lipinski definition) is 3. The van der Waals surface area contributed by atoms with E-state index in [4.69, 9.17) is 12.2 Å². The molecule has 0 atom stereocenters. The van der Waals surface area contributed by atoms with Crippen molar-refractivity contribution in [1.29, 1.82) is 0 Å². The van der Waals surface area contributed by atoms with Crippen LogP contribution in [-0.2, 0) is 15.4 Å². The summed E-state index contributed by atoms with van der Waals surface area (Å²) in [6.07, 6.45) is 5.04. The van der Waals surface area contributed by atoms with Crippen LogP contribution in [-0.4, -0.2) is 25.5 Å². The fraction of sp³-hybridized carbons (Fsp3) is 0.417. The third-order valence-corrected chi connectivity index (χ3v) is 7.33. The maximum absolute atomic E-state index is 12.6. The molecule has 1 aliphatic rings. The molecule has 0 bridgehead atoms. The quantitative estimate of drug-likeness (QED) is 0.547. The zero-order valence-corrected chi connectivity index (χ0v) is 20.4. The Labute approximate surface area is 196 Å². The minimum Gasteiger partial charge on any atom is -0.332 e. The van der Waals surface area contributed by atoms with Gasteiger partial charge in [-0.25, -0.2) is 13.1 Å². The molecule has 3 rings (SSSR count). The molecule has 0 heterocycles. The number of rotatable bonds is 5. The van der Waals surface area contributed by atoms with Crippen LogP contribution >= 0.6 is 12.2 Å². The smallest absolute Gasteiger partial charge is 0.257 e. The molecule has 1 saturated carbocycles. The van der Waals surface area contributed by atoms with E-state index in [0.717, 1.165) is 37.7 Å². The molecule has 1 amide bonds. The average Bonchev–Trinajstić information content (AvgIpc) is 2.74. The van der Waals surface area contributed by atoms with E-state index in [-0.39, 0.29) is 27.4 Å². The molecule has 0 unspecified atom stereocenters. The molecule has 172 valence electrons. The summed E-state index contributed by atoms with van der Waals surface area (Å²) in [5.74, 6) is -0.307. The predicted molar refractivity (Wildman–Crippen MR) is 132 cm³/mol. The van der Waals surface area contributed by atoms with Gasteiger partial charge in [0.1, 0.15) is 0 Å². The highest BCUT2D eigenvalue weighted by Gasteiger charge is 2.22. The van der Waals surface area contributed by atoms with E-state index >= 15 is 0 Å². The summed E-state index contributed by atoms with van der Waals surface area (Å²) >= 11 is 5.24. The Morgan fingerprint density at radius 3 is 2.09 bits per heavy atom. The molecule has 0 saturated heterocycles. The zero-order valence-electron chi connectivity index (χ0n) is 18.8. The number of thiocarbonyl (C=S) groups is 1. The van der Waals surface area contributed by atoms with Gasteiger partial charge in [0.2, 0.25) is 10.0 Å². The molecule has 0 aliphatic heterocycles. The molecule has 32 heavy (non-hydrogen) atoms. The first-order valence-electron chi connectivity index (χ1n) is 10.9. The van der Waals surface area contributed by atoms with Crippen molar-refractivity contribution in [3.05, 3.63) is 59.7 Å². The van der Waals surface area contributed by atoms with Crippen LogP contribution < -0.4 is 15.4 Å². The first-order valence-corrected chi connectivity index (χ1v) is 12.8. The highest BCUT2D eigenvalue weighted by molar-refractivity contribution is 7.89. The SMILES string of the molecule is CC(C)(C)c1ccc(C(=O)NC(=S)Nc2ccc(S(=O)(=O)NC3CCCCC3)cc2)cc1. The lowest BCUT2D eigenvalue weighted by molar-refractivity contribution is 0.0977. The lowest BCUT2D eigenvalue weighted by Crippen LogP contribution is -2.36. The summed E-state index contributed by atoms with van der Waals surface area (Å²) in [5.41, 5.74) is 2.26. The van der Waals surface area contributed by atoms with E-state index in [1.807, 2.05) is 12.1 Å².